The number of carbonyl (C=O) groups excluding carboxylic acids is 1. The van der Waals surface area contributed by atoms with E-state index < -0.39 is 0 Å². The largest absolute Gasteiger partial charge is 0.322 e. The van der Waals surface area contributed by atoms with Crippen molar-refractivity contribution in [3.05, 3.63) is 0 Å². The van der Waals surface area contributed by atoms with Crippen molar-refractivity contribution in [2.75, 3.05) is 0 Å². The number of hydrogen-bond donors (Lipinski definition) is 1. The molecule has 1 N–H and O–H groups in total. The second-order valence-electron chi connectivity index (χ2n) is 6.32. The van der Waals surface area contributed by atoms with Crippen LogP contribution in [0.15, 0.2) is 0 Å². The van der Waals surface area contributed by atoms with Crippen LogP contribution in [0.25, 0.3) is 0 Å². The van der Waals surface area contributed by atoms with Crippen LogP contribution in [0.5, 0.6) is 0 Å². The van der Waals surface area contributed by atoms with Gasteiger partial charge in [0.15, 0.2) is 0 Å². The zero-order chi connectivity index (χ0) is 13.3. The molecule has 4 atom stereocenters. The van der Waals surface area contributed by atoms with Crippen LogP contribution in [0, 0.1) is 5.92 Å². The average Bonchev–Trinajstić information content (AvgIpc) is 2.84. The van der Waals surface area contributed by atoms with Crippen molar-refractivity contribution in [3.63, 3.8) is 0 Å². The molecule has 2 rings (SSSR count). The van der Waals surface area contributed by atoms with Crippen LogP contribution in [0.1, 0.15) is 66.2 Å². The van der Waals surface area contributed by atoms with Crippen LogP contribution in [0.3, 0.4) is 0 Å². The third-order valence-corrected chi connectivity index (χ3v) is 4.97. The third kappa shape index (κ3) is 2.18. The number of nitrogens with one attached hydrogen (secondary N) is 1. The predicted molar refractivity (Wildman–Crippen MR) is 74.2 cm³/mol. The summed E-state index contributed by atoms with van der Waals surface area (Å²) in [5, 5.41) is 3.59. The summed E-state index contributed by atoms with van der Waals surface area (Å²) in [5.41, 5.74) is -0.331. The van der Waals surface area contributed by atoms with E-state index in [1.807, 2.05) is 0 Å². The number of rotatable bonds is 4. The van der Waals surface area contributed by atoms with E-state index in [1.165, 1.54) is 19.3 Å². The molecule has 1 saturated heterocycles. The van der Waals surface area contributed by atoms with Gasteiger partial charge < -0.3 is 4.90 Å². The first kappa shape index (κ1) is 13.9. The SMILES string of the molecule is CCCC1NC(C)(CC)C(=O)N1C1CCCC1C. The van der Waals surface area contributed by atoms with Gasteiger partial charge in [0.05, 0.1) is 11.7 Å². The van der Waals surface area contributed by atoms with Crippen LogP contribution in [-0.4, -0.2) is 28.6 Å². The molecule has 1 amide bonds. The first-order valence-electron chi connectivity index (χ1n) is 7.64. The average molecular weight is 252 g/mol. The second-order valence-corrected chi connectivity index (χ2v) is 6.32. The summed E-state index contributed by atoms with van der Waals surface area (Å²) >= 11 is 0. The number of carbonyl (C=O) groups is 1. The smallest absolute Gasteiger partial charge is 0.244 e. The molecule has 0 bridgehead atoms. The molecule has 2 fully saturated rings. The van der Waals surface area contributed by atoms with Gasteiger partial charge in [-0.1, -0.05) is 33.6 Å². The summed E-state index contributed by atoms with van der Waals surface area (Å²) in [7, 11) is 0. The molecule has 18 heavy (non-hydrogen) atoms. The van der Waals surface area contributed by atoms with Crippen LogP contribution in [-0.2, 0) is 4.79 Å². The molecule has 0 aromatic heterocycles. The number of hydrogen-bond acceptors (Lipinski definition) is 2. The van der Waals surface area contributed by atoms with Crippen LogP contribution < -0.4 is 5.32 Å². The van der Waals surface area contributed by atoms with E-state index in [1.54, 1.807) is 0 Å². The molecular weight excluding hydrogens is 224 g/mol. The molecule has 2 aliphatic rings. The van der Waals surface area contributed by atoms with Gasteiger partial charge in [-0.2, -0.15) is 0 Å². The Morgan fingerprint density at radius 1 is 1.39 bits per heavy atom. The Bertz CT molecular complexity index is 318. The first-order valence-corrected chi connectivity index (χ1v) is 7.64. The number of amides is 1. The van der Waals surface area contributed by atoms with E-state index in [4.69, 9.17) is 0 Å². The Kier molecular flexibility index (Phi) is 4.00. The van der Waals surface area contributed by atoms with Gasteiger partial charge in [-0.05, 0) is 38.5 Å². The summed E-state index contributed by atoms with van der Waals surface area (Å²) in [5.74, 6) is 0.997. The minimum atomic E-state index is -0.331. The van der Waals surface area contributed by atoms with E-state index >= 15 is 0 Å². The van der Waals surface area contributed by atoms with E-state index in [2.05, 4.69) is 37.9 Å². The van der Waals surface area contributed by atoms with Gasteiger partial charge in [-0.3, -0.25) is 10.1 Å². The van der Waals surface area contributed by atoms with E-state index in [-0.39, 0.29) is 11.7 Å². The maximum atomic E-state index is 12.7. The fourth-order valence-corrected chi connectivity index (χ4v) is 3.58. The molecule has 0 radical (unpaired) electrons. The summed E-state index contributed by atoms with van der Waals surface area (Å²) in [6.07, 6.45) is 7.08. The molecule has 1 aliphatic heterocycles. The third-order valence-electron chi connectivity index (χ3n) is 4.97. The topological polar surface area (TPSA) is 32.3 Å². The Balaban J connectivity index is 2.21. The van der Waals surface area contributed by atoms with Crippen molar-refractivity contribution in [3.8, 4) is 0 Å². The molecule has 0 aromatic rings. The van der Waals surface area contributed by atoms with Crippen LogP contribution in [0.4, 0.5) is 0 Å². The molecule has 1 aliphatic carbocycles. The summed E-state index contributed by atoms with van der Waals surface area (Å²) < 4.78 is 0. The van der Waals surface area contributed by atoms with Gasteiger partial charge in [0.2, 0.25) is 5.91 Å². The van der Waals surface area contributed by atoms with Gasteiger partial charge in [0.25, 0.3) is 0 Å². The molecule has 104 valence electrons. The predicted octanol–water partition coefficient (Wildman–Crippen LogP) is 2.90. The van der Waals surface area contributed by atoms with Crippen molar-refractivity contribution in [2.24, 2.45) is 5.92 Å². The minimum absolute atomic E-state index is 0.262. The highest BCUT2D eigenvalue weighted by Gasteiger charge is 2.50. The Morgan fingerprint density at radius 3 is 2.61 bits per heavy atom. The van der Waals surface area contributed by atoms with Crippen LogP contribution in [0.2, 0.25) is 0 Å². The molecule has 0 aromatic carbocycles. The summed E-state index contributed by atoms with van der Waals surface area (Å²) in [4.78, 5) is 14.9. The van der Waals surface area contributed by atoms with Crippen molar-refractivity contribution in [1.82, 2.24) is 10.2 Å². The van der Waals surface area contributed by atoms with E-state index in [0.717, 1.165) is 19.3 Å². The molecule has 4 unspecified atom stereocenters. The zero-order valence-electron chi connectivity index (χ0n) is 12.3. The van der Waals surface area contributed by atoms with Crippen molar-refractivity contribution in [2.45, 2.75) is 84.0 Å². The fraction of sp³-hybridized carbons (Fsp3) is 0.933. The van der Waals surface area contributed by atoms with Gasteiger partial charge in [0, 0.05) is 6.04 Å². The highest BCUT2D eigenvalue weighted by Crippen LogP contribution is 2.36. The summed E-state index contributed by atoms with van der Waals surface area (Å²) in [6.45, 7) is 8.67. The Hall–Kier alpha value is -0.570. The van der Waals surface area contributed by atoms with Gasteiger partial charge in [-0.25, -0.2) is 0 Å². The molecular formula is C15H28N2O. The lowest BCUT2D eigenvalue weighted by atomic mass is 9.97. The lowest BCUT2D eigenvalue weighted by Gasteiger charge is -2.33. The highest BCUT2D eigenvalue weighted by molar-refractivity contribution is 5.88. The van der Waals surface area contributed by atoms with Gasteiger partial charge >= 0.3 is 0 Å². The molecule has 0 spiro atoms. The summed E-state index contributed by atoms with van der Waals surface area (Å²) in [6, 6.07) is 0.468. The second kappa shape index (κ2) is 5.20. The normalized spacial score (nSPS) is 40.8. The fourth-order valence-electron chi connectivity index (χ4n) is 3.58. The highest BCUT2D eigenvalue weighted by atomic mass is 16.2. The molecule has 1 heterocycles. The van der Waals surface area contributed by atoms with Crippen LogP contribution >= 0.6 is 0 Å². The van der Waals surface area contributed by atoms with E-state index in [9.17, 15) is 4.79 Å². The Morgan fingerprint density at radius 2 is 2.11 bits per heavy atom. The number of nitrogens with zero attached hydrogens (tertiary/aromatic N) is 1. The zero-order valence-corrected chi connectivity index (χ0v) is 12.3. The van der Waals surface area contributed by atoms with Crippen molar-refractivity contribution in [1.29, 1.82) is 0 Å². The van der Waals surface area contributed by atoms with Crippen molar-refractivity contribution >= 4 is 5.91 Å². The van der Waals surface area contributed by atoms with E-state index in [0.29, 0.717) is 17.9 Å². The standard InChI is InChI=1S/C15H28N2O/c1-5-8-13-16-15(4,6-2)14(18)17(13)12-10-7-9-11(12)3/h11-13,16H,5-10H2,1-4H3. The molecule has 3 nitrogen and oxygen atoms in total. The quantitative estimate of drug-likeness (QED) is 0.834. The molecule has 3 heteroatoms. The monoisotopic (exact) mass is 252 g/mol. The first-order chi connectivity index (χ1) is 8.53. The van der Waals surface area contributed by atoms with Gasteiger partial charge in [0.1, 0.15) is 0 Å². The van der Waals surface area contributed by atoms with Crippen molar-refractivity contribution < 1.29 is 4.79 Å². The molecule has 1 saturated carbocycles. The maximum Gasteiger partial charge on any atom is 0.244 e. The Labute approximate surface area is 111 Å². The lowest BCUT2D eigenvalue weighted by molar-refractivity contribution is -0.135. The minimum Gasteiger partial charge on any atom is -0.322 e. The van der Waals surface area contributed by atoms with Gasteiger partial charge in [-0.15, -0.1) is 0 Å². The maximum absolute atomic E-state index is 12.7. The lowest BCUT2D eigenvalue weighted by Crippen LogP contribution is -2.46.